The maximum atomic E-state index is 3.42. The predicted molar refractivity (Wildman–Crippen MR) is 159 cm³/mol. The lowest BCUT2D eigenvalue weighted by molar-refractivity contribution is 0.260. The summed E-state index contributed by atoms with van der Waals surface area (Å²) in [4.78, 5) is 2.50. The molecule has 2 aliphatic heterocycles. The molecule has 2 atom stereocenters. The van der Waals surface area contributed by atoms with Crippen molar-refractivity contribution in [2.45, 2.75) is 121 Å². The molecule has 0 aromatic heterocycles. The Morgan fingerprint density at radius 3 is 1.62 bits per heavy atom. The molecule has 2 aliphatic rings. The van der Waals surface area contributed by atoms with Crippen molar-refractivity contribution >= 4 is 0 Å². The van der Waals surface area contributed by atoms with Crippen LogP contribution in [-0.4, -0.2) is 63.3 Å². The van der Waals surface area contributed by atoms with Crippen molar-refractivity contribution in [1.82, 2.24) is 20.9 Å². The van der Waals surface area contributed by atoms with Crippen LogP contribution in [0.4, 0.5) is 0 Å². The smallest absolute Gasteiger partial charge is 0.00791 e. The van der Waals surface area contributed by atoms with Crippen LogP contribution in [0.5, 0.6) is 0 Å². The van der Waals surface area contributed by atoms with Crippen LogP contribution in [0.2, 0.25) is 0 Å². The maximum absolute atomic E-state index is 3.42. The molecule has 2 rings (SSSR count). The van der Waals surface area contributed by atoms with Gasteiger partial charge in [-0.3, -0.25) is 0 Å². The van der Waals surface area contributed by atoms with E-state index < -0.39 is 0 Å². The first-order valence-electron chi connectivity index (χ1n) is 15.1. The Morgan fingerprint density at radius 1 is 0.882 bits per heavy atom. The Hall–Kier alpha value is -0.160. The van der Waals surface area contributed by atoms with Crippen LogP contribution < -0.4 is 16.0 Å². The zero-order valence-corrected chi connectivity index (χ0v) is 26.0. The van der Waals surface area contributed by atoms with E-state index in [1.54, 1.807) is 0 Å². The molecule has 0 aliphatic carbocycles. The third-order valence-corrected chi connectivity index (χ3v) is 6.68. The molecule has 34 heavy (non-hydrogen) atoms. The molecule has 0 bridgehead atoms. The highest BCUT2D eigenvalue weighted by molar-refractivity contribution is 4.76. The van der Waals surface area contributed by atoms with Gasteiger partial charge in [-0.05, 0) is 95.3 Å². The van der Waals surface area contributed by atoms with Gasteiger partial charge in [0.2, 0.25) is 0 Å². The van der Waals surface area contributed by atoms with Crippen molar-refractivity contribution < 1.29 is 0 Å². The second-order valence-corrected chi connectivity index (χ2v) is 10.5. The van der Waals surface area contributed by atoms with Crippen LogP contribution in [0, 0.1) is 23.7 Å². The molecule has 2 heterocycles. The average molecular weight is 487 g/mol. The van der Waals surface area contributed by atoms with Gasteiger partial charge < -0.3 is 20.9 Å². The second kappa shape index (κ2) is 29.1. The van der Waals surface area contributed by atoms with Crippen LogP contribution >= 0.6 is 0 Å². The highest BCUT2D eigenvalue weighted by Crippen LogP contribution is 2.14. The number of nitrogens with zero attached hydrogens (tertiary/aromatic N) is 1. The lowest BCUT2D eigenvalue weighted by Gasteiger charge is -2.27. The summed E-state index contributed by atoms with van der Waals surface area (Å²) in [5.41, 5.74) is 0. The van der Waals surface area contributed by atoms with Crippen LogP contribution in [0.15, 0.2) is 0 Å². The molecular weight excluding hydrogens is 416 g/mol. The van der Waals surface area contributed by atoms with E-state index >= 15 is 0 Å². The maximum Gasteiger partial charge on any atom is 0.00791 e. The van der Waals surface area contributed by atoms with Crippen LogP contribution in [0.25, 0.3) is 0 Å². The normalized spacial score (nSPS) is 17.6. The molecule has 210 valence electrons. The summed E-state index contributed by atoms with van der Waals surface area (Å²) in [6, 6.07) is 0.874. The Balaban J connectivity index is -0.000000390. The Morgan fingerprint density at radius 2 is 1.38 bits per heavy atom. The van der Waals surface area contributed by atoms with E-state index in [-0.39, 0.29) is 0 Å². The monoisotopic (exact) mass is 487 g/mol. The lowest BCUT2D eigenvalue weighted by atomic mass is 9.94. The molecule has 2 fully saturated rings. The molecule has 0 amide bonds. The second-order valence-electron chi connectivity index (χ2n) is 10.5. The fourth-order valence-corrected chi connectivity index (χ4v) is 3.31. The van der Waals surface area contributed by atoms with Crippen LogP contribution in [0.1, 0.15) is 115 Å². The molecule has 0 aromatic rings. The van der Waals surface area contributed by atoms with Gasteiger partial charge in [-0.25, -0.2) is 0 Å². The molecule has 4 heteroatoms. The first kappa shape index (κ1) is 38.4. The fraction of sp³-hybridized carbons (Fsp3) is 1.00. The van der Waals surface area contributed by atoms with E-state index in [4.69, 9.17) is 0 Å². The SMILES string of the molecule is CC.CC(C)CCCC1CCN1.CC1CNC1.CCN(CC)CCC(C)C(C)C.CCNCC. The third kappa shape index (κ3) is 28.1. The minimum Gasteiger partial charge on any atom is -0.317 e. The van der Waals surface area contributed by atoms with Gasteiger partial charge in [0, 0.05) is 6.04 Å². The summed E-state index contributed by atoms with van der Waals surface area (Å²) in [5, 5.41) is 9.69. The van der Waals surface area contributed by atoms with Crippen molar-refractivity contribution in [3.8, 4) is 0 Å². The standard InChI is InChI=1S/C11H25N.C9H19N.C4H9N.C4H11N.C2H6/c1-6-12(7-2)9-8-11(5)10(3)4;1-8(2)4-3-5-9-6-7-10-9;1-4-2-5-3-4;1-3-5-4-2;1-2/h10-11H,6-9H2,1-5H3;8-10H,3-7H2,1-2H3;4-5H,2-3H2,1H3;5H,3-4H2,1-2H3;1-2H3. The highest BCUT2D eigenvalue weighted by atomic mass is 15.1. The van der Waals surface area contributed by atoms with E-state index in [0.29, 0.717) is 0 Å². The van der Waals surface area contributed by atoms with Crippen LogP contribution in [0.3, 0.4) is 0 Å². The van der Waals surface area contributed by atoms with E-state index in [0.717, 1.165) is 42.8 Å². The summed E-state index contributed by atoms with van der Waals surface area (Å²) in [5.74, 6) is 3.54. The number of hydrogen-bond donors (Lipinski definition) is 3. The lowest BCUT2D eigenvalue weighted by Crippen LogP contribution is -2.42. The average Bonchev–Trinajstić information content (AvgIpc) is 2.77. The summed E-state index contributed by atoms with van der Waals surface area (Å²) in [6.07, 6.45) is 6.98. The largest absolute Gasteiger partial charge is 0.317 e. The number of rotatable bonds is 12. The minimum absolute atomic E-state index is 0.834. The zero-order valence-electron chi connectivity index (χ0n) is 26.0. The van der Waals surface area contributed by atoms with Gasteiger partial charge in [-0.1, -0.05) is 95.9 Å². The van der Waals surface area contributed by atoms with Gasteiger partial charge in [0.25, 0.3) is 0 Å². The van der Waals surface area contributed by atoms with E-state index in [1.165, 1.54) is 71.4 Å². The molecule has 3 N–H and O–H groups in total. The van der Waals surface area contributed by atoms with Crippen molar-refractivity contribution in [3.05, 3.63) is 0 Å². The zero-order chi connectivity index (χ0) is 26.8. The number of nitrogens with one attached hydrogen (secondary N) is 3. The Bertz CT molecular complexity index is 344. The Kier molecular flexibility index (Phi) is 32.8. The fourth-order valence-electron chi connectivity index (χ4n) is 3.31. The molecule has 2 unspecified atom stereocenters. The van der Waals surface area contributed by atoms with Gasteiger partial charge in [-0.2, -0.15) is 0 Å². The first-order chi connectivity index (χ1) is 16.2. The van der Waals surface area contributed by atoms with Crippen molar-refractivity contribution in [3.63, 3.8) is 0 Å². The van der Waals surface area contributed by atoms with E-state index in [9.17, 15) is 0 Å². The number of hydrogen-bond acceptors (Lipinski definition) is 4. The molecule has 0 spiro atoms. The highest BCUT2D eigenvalue weighted by Gasteiger charge is 2.15. The topological polar surface area (TPSA) is 39.3 Å². The van der Waals surface area contributed by atoms with E-state index in [1.807, 2.05) is 13.8 Å². The molecule has 0 saturated carbocycles. The van der Waals surface area contributed by atoms with Gasteiger partial charge in [0.05, 0.1) is 0 Å². The molecule has 4 nitrogen and oxygen atoms in total. The molecular formula is C30H70N4. The van der Waals surface area contributed by atoms with Gasteiger partial charge in [-0.15, -0.1) is 0 Å². The predicted octanol–water partition coefficient (Wildman–Crippen LogP) is 7.05. The molecule has 2 saturated heterocycles. The summed E-state index contributed by atoms with van der Waals surface area (Å²) in [6.45, 7) is 36.1. The summed E-state index contributed by atoms with van der Waals surface area (Å²) >= 11 is 0. The van der Waals surface area contributed by atoms with Crippen molar-refractivity contribution in [2.24, 2.45) is 23.7 Å². The summed E-state index contributed by atoms with van der Waals surface area (Å²) in [7, 11) is 0. The van der Waals surface area contributed by atoms with Gasteiger partial charge in [0.1, 0.15) is 0 Å². The molecule has 0 aromatic carbocycles. The molecule has 0 radical (unpaired) electrons. The minimum atomic E-state index is 0.834. The first-order valence-corrected chi connectivity index (χ1v) is 15.1. The third-order valence-electron chi connectivity index (χ3n) is 6.68. The van der Waals surface area contributed by atoms with Crippen molar-refractivity contribution in [1.29, 1.82) is 0 Å². The quantitative estimate of drug-likeness (QED) is 0.276. The summed E-state index contributed by atoms with van der Waals surface area (Å²) < 4.78 is 0. The van der Waals surface area contributed by atoms with E-state index in [2.05, 4.69) is 90.1 Å². The van der Waals surface area contributed by atoms with Crippen molar-refractivity contribution in [2.75, 3.05) is 52.4 Å². The Labute approximate surface area is 218 Å². The van der Waals surface area contributed by atoms with Gasteiger partial charge in [0.15, 0.2) is 0 Å². The van der Waals surface area contributed by atoms with Gasteiger partial charge >= 0.3 is 0 Å². The van der Waals surface area contributed by atoms with Crippen LogP contribution in [-0.2, 0) is 0 Å².